The van der Waals surface area contributed by atoms with E-state index in [4.69, 9.17) is 16.1 Å². The van der Waals surface area contributed by atoms with Gasteiger partial charge in [-0.15, -0.1) is 11.8 Å². The lowest BCUT2D eigenvalue weighted by Crippen LogP contribution is -2.14. The maximum Gasteiger partial charge on any atom is 0.276 e. The van der Waals surface area contributed by atoms with E-state index in [1.165, 1.54) is 0 Å². The molecular weight excluding hydrogens is 368 g/mol. The van der Waals surface area contributed by atoms with Crippen LogP contribution in [0.4, 0.5) is 0 Å². The van der Waals surface area contributed by atoms with Gasteiger partial charge in [-0.25, -0.2) is 0 Å². The molecule has 0 fully saturated rings. The van der Waals surface area contributed by atoms with E-state index in [1.807, 2.05) is 37.4 Å². The molecule has 2 heterocycles. The van der Waals surface area contributed by atoms with Crippen molar-refractivity contribution in [2.45, 2.75) is 49.7 Å². The molecule has 0 saturated carbocycles. The molecule has 0 atom stereocenters. The summed E-state index contributed by atoms with van der Waals surface area (Å²) in [4.78, 5) is 5.74. The van der Waals surface area contributed by atoms with Crippen LogP contribution in [-0.2, 0) is 17.2 Å². The molecule has 1 aromatic carbocycles. The van der Waals surface area contributed by atoms with E-state index in [2.05, 4.69) is 49.9 Å². The minimum Gasteiger partial charge on any atom is -0.332 e. The molecule has 0 spiro atoms. The molecule has 0 unspecified atom stereocenters. The van der Waals surface area contributed by atoms with Gasteiger partial charge in [0.15, 0.2) is 5.82 Å². The first-order valence-electron chi connectivity index (χ1n) is 8.40. The Morgan fingerprint density at radius 1 is 1.08 bits per heavy atom. The second-order valence-electron chi connectivity index (χ2n) is 7.78. The number of hydrogen-bond acceptors (Lipinski definition) is 5. The highest BCUT2D eigenvalue weighted by Crippen LogP contribution is 2.40. The van der Waals surface area contributed by atoms with Crippen LogP contribution in [0.1, 0.15) is 46.1 Å². The van der Waals surface area contributed by atoms with E-state index < -0.39 is 0 Å². The fraction of sp³-hybridized carbons (Fsp3) is 0.421. The molecule has 3 rings (SSSR count). The van der Waals surface area contributed by atoms with Crippen molar-refractivity contribution in [3.63, 3.8) is 0 Å². The average molecular weight is 391 g/mol. The number of thioether (sulfide) groups is 1. The van der Waals surface area contributed by atoms with Crippen LogP contribution in [0.15, 0.2) is 39.8 Å². The van der Waals surface area contributed by atoms with Crippen LogP contribution in [0.25, 0.3) is 11.6 Å². The summed E-state index contributed by atoms with van der Waals surface area (Å²) in [5.41, 5.74) is 1.77. The summed E-state index contributed by atoms with van der Waals surface area (Å²) in [6.07, 6.45) is 0. The quantitative estimate of drug-likeness (QED) is 0.554. The van der Waals surface area contributed by atoms with Crippen LogP contribution >= 0.6 is 23.4 Å². The smallest absolute Gasteiger partial charge is 0.276 e. The molecular formula is C19H23ClN4OS. The van der Waals surface area contributed by atoms with Gasteiger partial charge in [-0.05, 0) is 44.2 Å². The molecule has 5 nitrogen and oxygen atoms in total. The van der Waals surface area contributed by atoms with E-state index in [0.29, 0.717) is 11.7 Å². The Hall–Kier alpha value is -1.79. The summed E-state index contributed by atoms with van der Waals surface area (Å²) in [5.74, 6) is 1.13. The molecule has 0 saturated heterocycles. The lowest BCUT2D eigenvalue weighted by molar-refractivity contribution is 0.413. The zero-order chi connectivity index (χ0) is 19.1. The Balaban J connectivity index is 1.87. The van der Waals surface area contributed by atoms with Gasteiger partial charge in [-0.3, -0.25) is 4.68 Å². The van der Waals surface area contributed by atoms with Crippen molar-refractivity contribution in [1.82, 2.24) is 19.9 Å². The van der Waals surface area contributed by atoms with Gasteiger partial charge in [0.25, 0.3) is 5.89 Å². The minimum atomic E-state index is -0.346. The van der Waals surface area contributed by atoms with Crippen molar-refractivity contribution >= 4 is 23.4 Å². The fourth-order valence-corrected chi connectivity index (χ4v) is 3.61. The first-order chi connectivity index (χ1) is 12.1. The van der Waals surface area contributed by atoms with Gasteiger partial charge >= 0.3 is 0 Å². The third-order valence-corrected chi connectivity index (χ3v) is 5.47. The summed E-state index contributed by atoms with van der Waals surface area (Å²) in [6, 6.07) is 9.76. The number of aromatic nitrogens is 4. The number of hydrogen-bond donors (Lipinski definition) is 0. The van der Waals surface area contributed by atoms with Crippen LogP contribution in [0.5, 0.6) is 0 Å². The maximum absolute atomic E-state index is 5.96. The molecule has 0 aliphatic heterocycles. The third-order valence-electron chi connectivity index (χ3n) is 4.02. The molecule has 0 amide bonds. The Morgan fingerprint density at radius 2 is 1.73 bits per heavy atom. The summed E-state index contributed by atoms with van der Waals surface area (Å²) in [7, 11) is 1.89. The van der Waals surface area contributed by atoms with Crippen LogP contribution < -0.4 is 0 Å². The monoisotopic (exact) mass is 390 g/mol. The molecule has 26 heavy (non-hydrogen) atoms. The van der Waals surface area contributed by atoms with E-state index in [0.717, 1.165) is 21.3 Å². The zero-order valence-corrected chi connectivity index (χ0v) is 17.4. The maximum atomic E-state index is 5.96. The van der Waals surface area contributed by atoms with Crippen molar-refractivity contribution in [2.75, 3.05) is 0 Å². The zero-order valence-electron chi connectivity index (χ0n) is 15.9. The van der Waals surface area contributed by atoms with E-state index in [1.54, 1.807) is 16.4 Å². The van der Waals surface area contributed by atoms with Gasteiger partial charge < -0.3 is 4.52 Å². The fourth-order valence-electron chi connectivity index (χ4n) is 2.45. The normalized spacial score (nSPS) is 12.6. The average Bonchev–Trinajstić information content (AvgIpc) is 3.15. The number of nitrogens with zero attached hydrogens (tertiary/aromatic N) is 4. The molecule has 0 bridgehead atoms. The summed E-state index contributed by atoms with van der Waals surface area (Å²) >= 11 is 7.63. The Bertz CT molecular complexity index is 907. The van der Waals surface area contributed by atoms with Crippen molar-refractivity contribution < 1.29 is 4.52 Å². The molecule has 0 radical (unpaired) electrons. The number of rotatable bonds is 4. The summed E-state index contributed by atoms with van der Waals surface area (Å²) in [5, 5.41) is 9.52. The lowest BCUT2D eigenvalue weighted by Gasteiger charge is -2.19. The predicted octanol–water partition coefficient (Wildman–Crippen LogP) is 5.45. The highest BCUT2D eigenvalue weighted by Gasteiger charge is 2.30. The Labute approximate surface area is 163 Å². The number of benzene rings is 1. The Morgan fingerprint density at radius 3 is 2.31 bits per heavy atom. The predicted molar refractivity (Wildman–Crippen MR) is 106 cm³/mol. The van der Waals surface area contributed by atoms with Crippen LogP contribution in [-0.4, -0.2) is 19.9 Å². The van der Waals surface area contributed by atoms with Crippen molar-refractivity contribution in [3.8, 4) is 11.6 Å². The van der Waals surface area contributed by atoms with Gasteiger partial charge in [0.2, 0.25) is 0 Å². The van der Waals surface area contributed by atoms with E-state index >= 15 is 0 Å². The van der Waals surface area contributed by atoms with Crippen LogP contribution in [0.2, 0.25) is 5.02 Å². The van der Waals surface area contributed by atoms with Crippen molar-refractivity contribution in [1.29, 1.82) is 0 Å². The molecule has 7 heteroatoms. The van der Waals surface area contributed by atoms with E-state index in [9.17, 15) is 0 Å². The topological polar surface area (TPSA) is 56.7 Å². The highest BCUT2D eigenvalue weighted by molar-refractivity contribution is 8.00. The molecule has 138 valence electrons. The number of halogens is 1. The van der Waals surface area contributed by atoms with Crippen LogP contribution in [0.3, 0.4) is 0 Å². The first-order valence-corrected chi connectivity index (χ1v) is 9.59. The van der Waals surface area contributed by atoms with Gasteiger partial charge in [0, 0.05) is 22.4 Å². The van der Waals surface area contributed by atoms with Gasteiger partial charge in [-0.2, -0.15) is 10.1 Å². The second kappa shape index (κ2) is 6.74. The summed E-state index contributed by atoms with van der Waals surface area (Å²) in [6.45, 7) is 10.5. The minimum absolute atomic E-state index is 0.0391. The van der Waals surface area contributed by atoms with Gasteiger partial charge in [-0.1, -0.05) is 37.5 Å². The van der Waals surface area contributed by atoms with Gasteiger partial charge in [0.1, 0.15) is 5.69 Å². The largest absolute Gasteiger partial charge is 0.332 e. The SMILES string of the molecule is Cn1nc(C(C)(C)C)cc1-c1nc(C(C)(C)Sc2ccc(Cl)cc2)no1. The summed E-state index contributed by atoms with van der Waals surface area (Å²) < 4.78 is 6.99. The molecule has 0 aliphatic rings. The lowest BCUT2D eigenvalue weighted by atomic mass is 9.92. The Kier molecular flexibility index (Phi) is 4.92. The number of aryl methyl sites for hydroxylation is 1. The first kappa shape index (κ1) is 19.0. The molecule has 2 aromatic heterocycles. The van der Waals surface area contributed by atoms with Crippen molar-refractivity contribution in [2.24, 2.45) is 7.05 Å². The highest BCUT2D eigenvalue weighted by atomic mass is 35.5. The molecule has 0 N–H and O–H groups in total. The molecule has 3 aromatic rings. The van der Waals surface area contributed by atoms with Crippen molar-refractivity contribution in [3.05, 3.63) is 46.9 Å². The standard InChI is InChI=1S/C19H23ClN4OS/c1-18(2,3)15-11-14(24(6)22-15)16-21-17(23-25-16)19(4,5)26-13-9-7-12(20)8-10-13/h7-11H,1-6H3. The van der Waals surface area contributed by atoms with Gasteiger partial charge in [0.05, 0.1) is 10.4 Å². The third kappa shape index (κ3) is 3.96. The molecule has 0 aliphatic carbocycles. The van der Waals surface area contributed by atoms with Crippen LogP contribution in [0, 0.1) is 0 Å². The van der Waals surface area contributed by atoms with E-state index in [-0.39, 0.29) is 10.2 Å². The second-order valence-corrected chi connectivity index (χ2v) is 9.91.